The Bertz CT molecular complexity index is 598. The van der Waals surface area contributed by atoms with Gasteiger partial charge in [-0.2, -0.15) is 0 Å². The van der Waals surface area contributed by atoms with Crippen molar-refractivity contribution in [3.63, 3.8) is 0 Å². The SMILES string of the molecule is Cc1cccc(C(N)=S)c1Oc1cccc(Cl)c1. The van der Waals surface area contributed by atoms with Gasteiger partial charge in [0.1, 0.15) is 16.5 Å². The van der Waals surface area contributed by atoms with E-state index in [1.807, 2.05) is 37.3 Å². The molecule has 0 aromatic heterocycles. The molecule has 92 valence electrons. The minimum Gasteiger partial charge on any atom is -0.456 e. The molecule has 2 aromatic rings. The van der Waals surface area contributed by atoms with E-state index >= 15 is 0 Å². The van der Waals surface area contributed by atoms with E-state index in [0.717, 1.165) is 11.1 Å². The van der Waals surface area contributed by atoms with Crippen molar-refractivity contribution in [2.24, 2.45) is 5.73 Å². The number of hydrogen-bond donors (Lipinski definition) is 1. The third-order valence-corrected chi connectivity index (χ3v) is 2.95. The maximum absolute atomic E-state index is 5.92. The van der Waals surface area contributed by atoms with Gasteiger partial charge < -0.3 is 10.5 Å². The topological polar surface area (TPSA) is 35.2 Å². The Morgan fingerprint density at radius 1 is 1.22 bits per heavy atom. The monoisotopic (exact) mass is 277 g/mol. The third kappa shape index (κ3) is 2.81. The Morgan fingerprint density at radius 2 is 1.94 bits per heavy atom. The fourth-order valence-corrected chi connectivity index (χ4v) is 1.97. The summed E-state index contributed by atoms with van der Waals surface area (Å²) in [6, 6.07) is 12.9. The zero-order valence-electron chi connectivity index (χ0n) is 9.81. The second kappa shape index (κ2) is 5.38. The van der Waals surface area contributed by atoms with Gasteiger partial charge in [0.05, 0.1) is 5.56 Å². The third-order valence-electron chi connectivity index (χ3n) is 2.49. The molecule has 18 heavy (non-hydrogen) atoms. The highest BCUT2D eigenvalue weighted by Crippen LogP contribution is 2.30. The molecule has 0 aliphatic heterocycles. The fraction of sp³-hybridized carbons (Fsp3) is 0.0714. The molecule has 0 saturated heterocycles. The van der Waals surface area contributed by atoms with Gasteiger partial charge in [-0.25, -0.2) is 0 Å². The molecule has 0 spiro atoms. The van der Waals surface area contributed by atoms with Gasteiger partial charge in [-0.05, 0) is 36.8 Å². The van der Waals surface area contributed by atoms with Crippen LogP contribution in [0.1, 0.15) is 11.1 Å². The van der Waals surface area contributed by atoms with Crippen LogP contribution >= 0.6 is 23.8 Å². The lowest BCUT2D eigenvalue weighted by atomic mass is 10.1. The van der Waals surface area contributed by atoms with E-state index in [2.05, 4.69) is 0 Å². The highest BCUT2D eigenvalue weighted by atomic mass is 35.5. The van der Waals surface area contributed by atoms with Gasteiger partial charge in [0.2, 0.25) is 0 Å². The largest absolute Gasteiger partial charge is 0.456 e. The molecule has 2 N–H and O–H groups in total. The number of rotatable bonds is 3. The van der Waals surface area contributed by atoms with Gasteiger partial charge in [0.25, 0.3) is 0 Å². The zero-order valence-corrected chi connectivity index (χ0v) is 11.4. The van der Waals surface area contributed by atoms with Gasteiger partial charge >= 0.3 is 0 Å². The number of halogens is 1. The normalized spacial score (nSPS) is 10.1. The van der Waals surface area contributed by atoms with Crippen LogP contribution in [0.2, 0.25) is 5.02 Å². The van der Waals surface area contributed by atoms with E-state index in [1.165, 1.54) is 0 Å². The van der Waals surface area contributed by atoms with Crippen molar-refractivity contribution in [3.8, 4) is 11.5 Å². The highest BCUT2D eigenvalue weighted by molar-refractivity contribution is 7.80. The van der Waals surface area contributed by atoms with Crippen molar-refractivity contribution in [1.29, 1.82) is 0 Å². The number of para-hydroxylation sites is 1. The van der Waals surface area contributed by atoms with Crippen LogP contribution in [0.4, 0.5) is 0 Å². The van der Waals surface area contributed by atoms with Crippen LogP contribution in [0, 0.1) is 6.92 Å². The second-order valence-corrected chi connectivity index (χ2v) is 4.75. The predicted molar refractivity (Wildman–Crippen MR) is 78.6 cm³/mol. The van der Waals surface area contributed by atoms with Crippen molar-refractivity contribution in [3.05, 3.63) is 58.6 Å². The Labute approximate surface area is 116 Å². The summed E-state index contributed by atoms with van der Waals surface area (Å²) in [6.45, 7) is 1.95. The predicted octanol–water partition coefficient (Wildman–Crippen LogP) is 4.07. The van der Waals surface area contributed by atoms with Crippen LogP contribution in [0.15, 0.2) is 42.5 Å². The average molecular weight is 278 g/mol. The summed E-state index contributed by atoms with van der Waals surface area (Å²) < 4.78 is 5.83. The number of hydrogen-bond acceptors (Lipinski definition) is 2. The van der Waals surface area contributed by atoms with E-state index < -0.39 is 0 Å². The molecule has 0 fully saturated rings. The average Bonchev–Trinajstić information content (AvgIpc) is 2.31. The molecular formula is C14H12ClNOS. The minimum absolute atomic E-state index is 0.315. The molecule has 0 radical (unpaired) electrons. The number of benzene rings is 2. The Kier molecular flexibility index (Phi) is 3.84. The molecule has 2 nitrogen and oxygen atoms in total. The number of aryl methyl sites for hydroxylation is 1. The quantitative estimate of drug-likeness (QED) is 0.859. The molecule has 4 heteroatoms. The van der Waals surface area contributed by atoms with E-state index in [-0.39, 0.29) is 0 Å². The van der Waals surface area contributed by atoms with E-state index in [4.69, 9.17) is 34.3 Å². The van der Waals surface area contributed by atoms with Crippen molar-refractivity contribution in [2.75, 3.05) is 0 Å². The van der Waals surface area contributed by atoms with Crippen LogP contribution < -0.4 is 10.5 Å². The molecule has 2 aromatic carbocycles. The first-order valence-corrected chi connectivity index (χ1v) is 6.19. The maximum atomic E-state index is 5.92. The second-order valence-electron chi connectivity index (χ2n) is 3.88. The molecule has 0 aliphatic carbocycles. The van der Waals surface area contributed by atoms with E-state index in [0.29, 0.717) is 21.5 Å². The molecule has 0 aliphatic rings. The molecule has 0 heterocycles. The van der Waals surface area contributed by atoms with Crippen LogP contribution in [0.3, 0.4) is 0 Å². The molecule has 0 unspecified atom stereocenters. The number of thiocarbonyl (C=S) groups is 1. The van der Waals surface area contributed by atoms with Gasteiger partial charge in [0, 0.05) is 5.02 Å². The van der Waals surface area contributed by atoms with Crippen LogP contribution in [-0.2, 0) is 0 Å². The number of ether oxygens (including phenoxy) is 1. The standard InChI is InChI=1S/C14H12ClNOS/c1-9-4-2-7-12(14(16)18)13(9)17-11-6-3-5-10(15)8-11/h2-8H,1H3,(H2,16,18). The first-order valence-electron chi connectivity index (χ1n) is 5.41. The Morgan fingerprint density at radius 3 is 2.61 bits per heavy atom. The van der Waals surface area contributed by atoms with Crippen LogP contribution in [-0.4, -0.2) is 4.99 Å². The summed E-state index contributed by atoms with van der Waals surface area (Å²) in [5, 5.41) is 0.623. The van der Waals surface area contributed by atoms with Gasteiger partial charge in [0.15, 0.2) is 0 Å². The molecule has 2 rings (SSSR count). The first kappa shape index (κ1) is 12.9. The highest BCUT2D eigenvalue weighted by Gasteiger charge is 2.10. The Balaban J connectivity index is 2.42. The molecule has 0 amide bonds. The summed E-state index contributed by atoms with van der Waals surface area (Å²) in [5.41, 5.74) is 7.39. The smallest absolute Gasteiger partial charge is 0.140 e. The molecule has 0 bridgehead atoms. The van der Waals surface area contributed by atoms with Crippen molar-refractivity contribution in [2.45, 2.75) is 6.92 Å². The van der Waals surface area contributed by atoms with Crippen LogP contribution in [0.25, 0.3) is 0 Å². The summed E-state index contributed by atoms with van der Waals surface area (Å²) in [6.07, 6.45) is 0. The fourth-order valence-electron chi connectivity index (χ4n) is 1.63. The molecule has 0 atom stereocenters. The lowest BCUT2D eigenvalue weighted by Crippen LogP contribution is -2.11. The zero-order chi connectivity index (χ0) is 13.1. The molecular weight excluding hydrogens is 266 g/mol. The van der Waals surface area contributed by atoms with Gasteiger partial charge in [-0.1, -0.05) is 42.0 Å². The summed E-state index contributed by atoms with van der Waals surface area (Å²) in [7, 11) is 0. The van der Waals surface area contributed by atoms with Crippen molar-refractivity contribution < 1.29 is 4.74 Å². The van der Waals surface area contributed by atoms with E-state index in [9.17, 15) is 0 Å². The van der Waals surface area contributed by atoms with Gasteiger partial charge in [-0.3, -0.25) is 0 Å². The van der Waals surface area contributed by atoms with Gasteiger partial charge in [-0.15, -0.1) is 0 Å². The van der Waals surface area contributed by atoms with Crippen molar-refractivity contribution >= 4 is 28.8 Å². The number of nitrogens with two attached hydrogens (primary N) is 1. The minimum atomic E-state index is 0.315. The summed E-state index contributed by atoms with van der Waals surface area (Å²) >= 11 is 10.9. The lowest BCUT2D eigenvalue weighted by Gasteiger charge is -2.13. The van der Waals surface area contributed by atoms with Crippen molar-refractivity contribution in [1.82, 2.24) is 0 Å². The maximum Gasteiger partial charge on any atom is 0.140 e. The molecule has 0 saturated carbocycles. The summed E-state index contributed by atoms with van der Waals surface area (Å²) in [4.78, 5) is 0.315. The first-order chi connectivity index (χ1) is 8.58. The van der Waals surface area contributed by atoms with E-state index in [1.54, 1.807) is 12.1 Å². The summed E-state index contributed by atoms with van der Waals surface area (Å²) in [5.74, 6) is 1.33. The van der Waals surface area contributed by atoms with Crippen LogP contribution in [0.5, 0.6) is 11.5 Å². The lowest BCUT2D eigenvalue weighted by molar-refractivity contribution is 0.478. The Hall–Kier alpha value is -1.58.